The number of fused-ring (bicyclic) bond motifs is 1. The fourth-order valence-electron chi connectivity index (χ4n) is 4.09. The molecule has 1 aliphatic carbocycles. The molecule has 4 rings (SSSR count). The molecule has 2 aliphatic rings. The molecule has 1 aliphatic heterocycles. The van der Waals surface area contributed by atoms with E-state index in [1.807, 2.05) is 16.7 Å². The molecule has 0 radical (unpaired) electrons. The van der Waals surface area contributed by atoms with Crippen molar-refractivity contribution in [3.8, 4) is 11.8 Å². The van der Waals surface area contributed by atoms with Gasteiger partial charge in [0.25, 0.3) is 5.56 Å². The lowest BCUT2D eigenvalue weighted by atomic mass is 9.84. The number of hydrogen-bond donors (Lipinski definition) is 0. The Morgan fingerprint density at radius 2 is 2.07 bits per heavy atom. The summed E-state index contributed by atoms with van der Waals surface area (Å²) in [6.45, 7) is 1.05. The van der Waals surface area contributed by atoms with Gasteiger partial charge in [-0.2, -0.15) is 4.98 Å². The average molecular weight is 388 g/mol. The Labute approximate surface area is 163 Å². The first kappa shape index (κ1) is 18.9. The smallest absolute Gasteiger partial charge is 0.300 e. The predicted molar refractivity (Wildman–Crippen MR) is 101 cm³/mol. The second kappa shape index (κ2) is 8.31. The van der Waals surface area contributed by atoms with Gasteiger partial charge in [-0.3, -0.25) is 9.36 Å². The van der Waals surface area contributed by atoms with Gasteiger partial charge in [-0.1, -0.05) is 25.3 Å². The van der Waals surface area contributed by atoms with Gasteiger partial charge >= 0.3 is 6.01 Å². The van der Waals surface area contributed by atoms with Crippen LogP contribution in [0.15, 0.2) is 29.1 Å². The molecule has 0 unspecified atom stereocenters. The number of rotatable bonds is 6. The highest BCUT2D eigenvalue weighted by Crippen LogP contribution is 2.35. The third kappa shape index (κ3) is 4.04. The summed E-state index contributed by atoms with van der Waals surface area (Å²) in [6, 6.07) is 6.85. The van der Waals surface area contributed by atoms with E-state index in [0.29, 0.717) is 30.5 Å². The number of aromatic nitrogens is 2. The van der Waals surface area contributed by atoms with Crippen LogP contribution in [-0.4, -0.2) is 29.4 Å². The van der Waals surface area contributed by atoms with Crippen LogP contribution in [0.1, 0.15) is 49.3 Å². The fraction of sp³-hybridized carbons (Fsp3) is 0.524. The van der Waals surface area contributed by atoms with Gasteiger partial charge in [0.05, 0.1) is 18.8 Å². The minimum atomic E-state index is -0.361. The van der Waals surface area contributed by atoms with Crippen molar-refractivity contribution in [1.29, 1.82) is 0 Å². The lowest BCUT2D eigenvalue weighted by molar-refractivity contribution is 0.143. The number of benzene rings is 1. The third-order valence-corrected chi connectivity index (χ3v) is 5.48. The number of halogens is 1. The molecule has 1 saturated carbocycles. The number of nitrogens with zero attached hydrogens (tertiary/aromatic N) is 2. The molecule has 150 valence electrons. The number of methoxy groups -OCH3 is 1. The summed E-state index contributed by atoms with van der Waals surface area (Å²) < 4.78 is 33.0. The summed E-state index contributed by atoms with van der Waals surface area (Å²) in [6.07, 6.45) is 5.40. The molecule has 1 aromatic carbocycles. The monoisotopic (exact) mass is 388 g/mol. The molecule has 0 spiro atoms. The molecule has 0 bridgehead atoms. The molecule has 2 aromatic rings. The summed E-state index contributed by atoms with van der Waals surface area (Å²) in [5, 5.41) is 0. The standard InChI is InChI=1S/C21H25FN2O4/c1-26-12-15-9-20(25)23-21-24(15)11-17(28-21)13-27-16-7-8-18(19(22)10-16)14-5-3-2-4-6-14/h7-10,14,17H,2-6,11-13H2,1H3/t17-/m0/s1. The molecule has 1 aromatic heterocycles. The van der Waals surface area contributed by atoms with E-state index in [0.717, 1.165) is 18.4 Å². The van der Waals surface area contributed by atoms with E-state index in [-0.39, 0.29) is 30.1 Å². The maximum Gasteiger partial charge on any atom is 0.300 e. The SMILES string of the molecule is COCc1cc(=O)nc2n1C[C@@H](COc1ccc(C3CCCCC3)c(F)c1)O2. The van der Waals surface area contributed by atoms with Gasteiger partial charge in [0.15, 0.2) is 6.10 Å². The first-order valence-electron chi connectivity index (χ1n) is 9.82. The van der Waals surface area contributed by atoms with Crippen molar-refractivity contribution < 1.29 is 18.6 Å². The fourth-order valence-corrected chi connectivity index (χ4v) is 4.09. The van der Waals surface area contributed by atoms with Crippen LogP contribution in [0.25, 0.3) is 0 Å². The number of ether oxygens (including phenoxy) is 3. The normalized spacial score (nSPS) is 19.3. The quantitative estimate of drug-likeness (QED) is 0.759. The maximum atomic E-state index is 14.6. The van der Waals surface area contributed by atoms with E-state index in [1.165, 1.54) is 31.4 Å². The van der Waals surface area contributed by atoms with E-state index in [1.54, 1.807) is 7.11 Å². The van der Waals surface area contributed by atoms with Gasteiger partial charge in [0.1, 0.15) is 18.2 Å². The van der Waals surface area contributed by atoms with Gasteiger partial charge in [-0.25, -0.2) is 4.39 Å². The van der Waals surface area contributed by atoms with Crippen LogP contribution >= 0.6 is 0 Å². The molecule has 0 saturated heterocycles. The Morgan fingerprint density at radius 3 is 2.82 bits per heavy atom. The summed E-state index contributed by atoms with van der Waals surface area (Å²) in [4.78, 5) is 15.6. The topological polar surface area (TPSA) is 62.6 Å². The molecule has 7 heteroatoms. The summed E-state index contributed by atoms with van der Waals surface area (Å²) in [5.41, 5.74) is 1.15. The van der Waals surface area contributed by atoms with Crippen LogP contribution in [0.2, 0.25) is 0 Å². The zero-order valence-electron chi connectivity index (χ0n) is 16.0. The molecule has 1 fully saturated rings. The third-order valence-electron chi connectivity index (χ3n) is 5.48. The van der Waals surface area contributed by atoms with Crippen molar-refractivity contribution in [2.75, 3.05) is 13.7 Å². The van der Waals surface area contributed by atoms with Crippen LogP contribution in [-0.2, 0) is 17.9 Å². The summed E-state index contributed by atoms with van der Waals surface area (Å²) in [5.74, 6) is 0.601. The van der Waals surface area contributed by atoms with Crippen LogP contribution < -0.4 is 15.0 Å². The second-order valence-corrected chi connectivity index (χ2v) is 7.48. The van der Waals surface area contributed by atoms with E-state index in [9.17, 15) is 9.18 Å². The molecule has 2 heterocycles. The largest absolute Gasteiger partial charge is 0.490 e. The lowest BCUT2D eigenvalue weighted by Crippen LogP contribution is -2.23. The van der Waals surface area contributed by atoms with Crippen LogP contribution in [0.4, 0.5) is 4.39 Å². The van der Waals surface area contributed by atoms with Crippen molar-refractivity contribution in [2.24, 2.45) is 0 Å². The van der Waals surface area contributed by atoms with Gasteiger partial charge in [0.2, 0.25) is 0 Å². The Balaban J connectivity index is 1.39. The highest BCUT2D eigenvalue weighted by Gasteiger charge is 2.27. The number of hydrogen-bond acceptors (Lipinski definition) is 5. The predicted octanol–water partition coefficient (Wildman–Crippen LogP) is 3.42. The minimum Gasteiger partial charge on any atom is -0.490 e. The molecule has 28 heavy (non-hydrogen) atoms. The van der Waals surface area contributed by atoms with Crippen LogP contribution in [0.3, 0.4) is 0 Å². The maximum absolute atomic E-state index is 14.6. The first-order valence-corrected chi connectivity index (χ1v) is 9.82. The Hall–Kier alpha value is -2.41. The zero-order valence-corrected chi connectivity index (χ0v) is 16.0. The van der Waals surface area contributed by atoms with Crippen molar-refractivity contribution in [3.63, 3.8) is 0 Å². The van der Waals surface area contributed by atoms with Crippen molar-refractivity contribution in [1.82, 2.24) is 9.55 Å². The minimum absolute atomic E-state index is 0.200. The molecular weight excluding hydrogens is 363 g/mol. The summed E-state index contributed by atoms with van der Waals surface area (Å²) >= 11 is 0. The lowest BCUT2D eigenvalue weighted by Gasteiger charge is -2.22. The molecule has 0 amide bonds. The second-order valence-electron chi connectivity index (χ2n) is 7.48. The summed E-state index contributed by atoms with van der Waals surface area (Å²) in [7, 11) is 1.57. The van der Waals surface area contributed by atoms with Crippen molar-refractivity contribution in [3.05, 3.63) is 51.7 Å². The molecule has 6 nitrogen and oxygen atoms in total. The van der Waals surface area contributed by atoms with Gasteiger partial charge in [0, 0.05) is 19.2 Å². The van der Waals surface area contributed by atoms with Crippen molar-refractivity contribution in [2.45, 2.75) is 57.3 Å². The van der Waals surface area contributed by atoms with Crippen LogP contribution in [0, 0.1) is 5.82 Å². The van der Waals surface area contributed by atoms with E-state index in [2.05, 4.69) is 4.98 Å². The van der Waals surface area contributed by atoms with Crippen molar-refractivity contribution >= 4 is 0 Å². The molecule has 1 atom stereocenters. The Kier molecular flexibility index (Phi) is 5.62. The first-order chi connectivity index (χ1) is 13.6. The highest BCUT2D eigenvalue weighted by molar-refractivity contribution is 5.31. The van der Waals surface area contributed by atoms with E-state index in [4.69, 9.17) is 14.2 Å². The van der Waals surface area contributed by atoms with Crippen LogP contribution in [0.5, 0.6) is 11.8 Å². The zero-order chi connectivity index (χ0) is 19.5. The van der Waals surface area contributed by atoms with Gasteiger partial charge in [-0.05, 0) is 30.4 Å². The average Bonchev–Trinajstić information content (AvgIpc) is 3.10. The van der Waals surface area contributed by atoms with E-state index < -0.39 is 0 Å². The Bertz CT molecular complexity index is 892. The highest BCUT2D eigenvalue weighted by atomic mass is 19.1. The Morgan fingerprint density at radius 1 is 1.25 bits per heavy atom. The molecular formula is C21H25FN2O4. The van der Waals surface area contributed by atoms with Gasteiger partial charge < -0.3 is 14.2 Å². The van der Waals surface area contributed by atoms with Gasteiger partial charge in [-0.15, -0.1) is 0 Å². The molecule has 0 N–H and O–H groups in total. The van der Waals surface area contributed by atoms with E-state index >= 15 is 0 Å².